The molecule has 3 aromatic rings. The van der Waals surface area contributed by atoms with Gasteiger partial charge in [0.15, 0.2) is 0 Å². The maximum absolute atomic E-state index is 6.20. The fourth-order valence-electron chi connectivity index (χ4n) is 3.52. The molecule has 1 aliphatic rings. The molecule has 0 bridgehead atoms. The van der Waals surface area contributed by atoms with Crippen LogP contribution in [-0.2, 0) is 11.2 Å². The van der Waals surface area contributed by atoms with Crippen LogP contribution in [0.4, 0.5) is 5.69 Å². The van der Waals surface area contributed by atoms with Gasteiger partial charge in [0.2, 0.25) is 0 Å². The van der Waals surface area contributed by atoms with Gasteiger partial charge < -0.3 is 9.64 Å². The normalized spacial score (nSPS) is 17.5. The zero-order valence-electron chi connectivity index (χ0n) is 14.6. The number of nitrogens with zero attached hydrogens (tertiary/aromatic N) is 1. The van der Waals surface area contributed by atoms with Gasteiger partial charge in [-0.1, -0.05) is 66.7 Å². The molecule has 0 aliphatic carbocycles. The highest BCUT2D eigenvalue weighted by Gasteiger charge is 2.20. The van der Waals surface area contributed by atoms with Crippen molar-refractivity contribution < 1.29 is 4.74 Å². The largest absolute Gasteiger partial charge is 0.372 e. The molecule has 1 heterocycles. The van der Waals surface area contributed by atoms with Crippen LogP contribution in [0.2, 0.25) is 0 Å². The predicted octanol–water partition coefficient (Wildman–Crippen LogP) is 5.10. The van der Waals surface area contributed by atoms with Crippen molar-refractivity contribution in [2.24, 2.45) is 0 Å². The van der Waals surface area contributed by atoms with Crippen molar-refractivity contribution in [1.82, 2.24) is 0 Å². The van der Waals surface area contributed by atoms with Gasteiger partial charge >= 0.3 is 0 Å². The van der Waals surface area contributed by atoms with E-state index < -0.39 is 0 Å². The number of anilines is 1. The maximum atomic E-state index is 6.20. The van der Waals surface area contributed by atoms with Crippen molar-refractivity contribution in [2.45, 2.75) is 12.5 Å². The van der Waals surface area contributed by atoms with Crippen LogP contribution in [0.3, 0.4) is 0 Å². The molecule has 1 unspecified atom stereocenters. The average molecular weight is 329 g/mol. The summed E-state index contributed by atoms with van der Waals surface area (Å²) >= 11 is 0. The first-order valence-electron chi connectivity index (χ1n) is 8.87. The van der Waals surface area contributed by atoms with Crippen LogP contribution < -0.4 is 4.90 Å². The molecule has 2 nitrogen and oxygen atoms in total. The summed E-state index contributed by atoms with van der Waals surface area (Å²) in [5.74, 6) is 0. The Morgan fingerprint density at radius 2 is 1.56 bits per heavy atom. The summed E-state index contributed by atoms with van der Waals surface area (Å²) in [7, 11) is 2.15. The van der Waals surface area contributed by atoms with Gasteiger partial charge in [0.1, 0.15) is 0 Å². The van der Waals surface area contributed by atoms with E-state index in [1.165, 1.54) is 27.9 Å². The molecule has 0 amide bonds. The first-order valence-corrected chi connectivity index (χ1v) is 8.87. The van der Waals surface area contributed by atoms with E-state index in [0.29, 0.717) is 0 Å². The molecule has 126 valence electrons. The van der Waals surface area contributed by atoms with Crippen LogP contribution in [0, 0.1) is 0 Å². The van der Waals surface area contributed by atoms with E-state index in [9.17, 15) is 0 Å². The molecule has 0 spiro atoms. The van der Waals surface area contributed by atoms with Crippen molar-refractivity contribution in [1.29, 1.82) is 0 Å². The molecular weight excluding hydrogens is 306 g/mol. The van der Waals surface area contributed by atoms with Crippen molar-refractivity contribution in [3.8, 4) is 11.1 Å². The van der Waals surface area contributed by atoms with Gasteiger partial charge in [0, 0.05) is 25.7 Å². The van der Waals surface area contributed by atoms with Crippen molar-refractivity contribution >= 4 is 5.69 Å². The highest BCUT2D eigenvalue weighted by Crippen LogP contribution is 2.33. The summed E-state index contributed by atoms with van der Waals surface area (Å²) in [5, 5.41) is 0. The number of hydrogen-bond donors (Lipinski definition) is 0. The topological polar surface area (TPSA) is 12.5 Å². The van der Waals surface area contributed by atoms with Crippen molar-refractivity contribution in [3.63, 3.8) is 0 Å². The molecule has 1 aliphatic heterocycles. The van der Waals surface area contributed by atoms with Gasteiger partial charge in [-0.15, -0.1) is 0 Å². The number of hydrogen-bond acceptors (Lipinski definition) is 2. The Balaban J connectivity index is 1.73. The quantitative estimate of drug-likeness (QED) is 0.648. The molecule has 0 radical (unpaired) electrons. The summed E-state index contributed by atoms with van der Waals surface area (Å²) in [5.41, 5.74) is 6.43. The minimum absolute atomic E-state index is 0.111. The van der Waals surface area contributed by atoms with E-state index in [-0.39, 0.29) is 6.10 Å². The number of rotatable bonds is 2. The number of likely N-dealkylation sites (N-methyl/N-ethyl adjacent to an activating group) is 1. The average Bonchev–Trinajstić information content (AvgIpc) is 2.67. The van der Waals surface area contributed by atoms with Gasteiger partial charge in [0.05, 0.1) is 12.7 Å². The van der Waals surface area contributed by atoms with E-state index in [4.69, 9.17) is 4.74 Å². The third-order valence-electron chi connectivity index (χ3n) is 4.92. The molecule has 0 saturated heterocycles. The Kier molecular flexibility index (Phi) is 4.53. The minimum atomic E-state index is 0.111. The Labute approximate surface area is 149 Å². The number of benzene rings is 3. The molecule has 0 fully saturated rings. The molecule has 1 atom stereocenters. The van der Waals surface area contributed by atoms with Gasteiger partial charge in [0.25, 0.3) is 0 Å². The lowest BCUT2D eigenvalue weighted by atomic mass is 9.95. The van der Waals surface area contributed by atoms with Crippen molar-refractivity contribution in [3.05, 3.63) is 90.0 Å². The van der Waals surface area contributed by atoms with Crippen LogP contribution in [0.1, 0.15) is 17.2 Å². The summed E-state index contributed by atoms with van der Waals surface area (Å²) in [6.07, 6.45) is 1.00. The third-order valence-corrected chi connectivity index (χ3v) is 4.92. The molecule has 0 N–H and O–H groups in total. The fraction of sp³-hybridized carbons (Fsp3) is 0.217. The van der Waals surface area contributed by atoms with Gasteiger partial charge in [-0.3, -0.25) is 0 Å². The second-order valence-electron chi connectivity index (χ2n) is 6.61. The number of ether oxygens (including phenoxy) is 1. The maximum Gasteiger partial charge on any atom is 0.0866 e. The Morgan fingerprint density at radius 3 is 2.32 bits per heavy atom. The highest BCUT2D eigenvalue weighted by atomic mass is 16.5. The Hall–Kier alpha value is -2.58. The number of fused-ring (bicyclic) bond motifs is 1. The van der Waals surface area contributed by atoms with Gasteiger partial charge in [-0.2, -0.15) is 0 Å². The van der Waals surface area contributed by atoms with E-state index >= 15 is 0 Å². The molecule has 25 heavy (non-hydrogen) atoms. The van der Waals surface area contributed by atoms with Crippen LogP contribution in [0.5, 0.6) is 0 Å². The Bertz CT molecular complexity index is 829. The lowest BCUT2D eigenvalue weighted by molar-refractivity contribution is 0.0560. The molecule has 2 heteroatoms. The van der Waals surface area contributed by atoms with E-state index in [0.717, 1.165) is 19.6 Å². The van der Waals surface area contributed by atoms with Crippen LogP contribution in [-0.4, -0.2) is 20.2 Å². The lowest BCUT2D eigenvalue weighted by Gasteiger charge is -2.30. The minimum Gasteiger partial charge on any atom is -0.372 e. The summed E-state index contributed by atoms with van der Waals surface area (Å²) < 4.78 is 6.20. The fourth-order valence-corrected chi connectivity index (χ4v) is 3.52. The highest BCUT2D eigenvalue weighted by molar-refractivity contribution is 5.69. The molecule has 0 saturated carbocycles. The molecule has 3 aromatic carbocycles. The first kappa shape index (κ1) is 15.9. The SMILES string of the molecule is CN1CCOC(c2ccccc2)Cc2cc(-c3ccccc3)ccc21. The smallest absolute Gasteiger partial charge is 0.0866 e. The zero-order valence-corrected chi connectivity index (χ0v) is 14.6. The van der Waals surface area contributed by atoms with Crippen LogP contribution in [0.15, 0.2) is 78.9 Å². The van der Waals surface area contributed by atoms with E-state index in [2.05, 4.69) is 90.8 Å². The summed E-state index contributed by atoms with van der Waals surface area (Å²) in [6.45, 7) is 1.65. The van der Waals surface area contributed by atoms with Crippen LogP contribution >= 0.6 is 0 Å². The second kappa shape index (κ2) is 7.12. The Morgan fingerprint density at radius 1 is 0.840 bits per heavy atom. The van der Waals surface area contributed by atoms with Crippen molar-refractivity contribution in [2.75, 3.05) is 25.1 Å². The standard InChI is InChI=1S/C23H23NO/c1-24-14-15-25-23(19-10-6-3-7-11-19)17-21-16-20(12-13-22(21)24)18-8-4-2-5-9-18/h2-13,16,23H,14-15,17H2,1H3. The third kappa shape index (κ3) is 3.45. The zero-order chi connectivity index (χ0) is 17.1. The summed E-state index contributed by atoms with van der Waals surface area (Å²) in [4.78, 5) is 2.30. The molecule has 0 aromatic heterocycles. The van der Waals surface area contributed by atoms with Gasteiger partial charge in [-0.25, -0.2) is 0 Å². The predicted molar refractivity (Wildman–Crippen MR) is 104 cm³/mol. The molecular formula is C23H23NO. The summed E-state index contributed by atoms with van der Waals surface area (Å²) in [6, 6.07) is 27.9. The molecule has 4 rings (SSSR count). The van der Waals surface area contributed by atoms with E-state index in [1.807, 2.05) is 0 Å². The second-order valence-corrected chi connectivity index (χ2v) is 6.61. The first-order chi connectivity index (χ1) is 12.3. The van der Waals surface area contributed by atoms with Crippen LogP contribution in [0.25, 0.3) is 11.1 Å². The monoisotopic (exact) mass is 329 g/mol. The van der Waals surface area contributed by atoms with Gasteiger partial charge in [-0.05, 0) is 34.4 Å². The van der Waals surface area contributed by atoms with E-state index in [1.54, 1.807) is 0 Å². The lowest BCUT2D eigenvalue weighted by Crippen LogP contribution is -2.27.